The Hall–Kier alpha value is -1.84. The van der Waals surface area contributed by atoms with E-state index >= 15 is 0 Å². The van der Waals surface area contributed by atoms with E-state index in [0.29, 0.717) is 11.1 Å². The van der Waals surface area contributed by atoms with E-state index in [4.69, 9.17) is 5.11 Å². The normalized spacial score (nSPS) is 12.2. The topological polar surface area (TPSA) is 83.5 Å². The van der Waals surface area contributed by atoms with E-state index in [1.54, 1.807) is 25.1 Å². The molecule has 0 bridgehead atoms. The van der Waals surface area contributed by atoms with Gasteiger partial charge in [0, 0.05) is 17.9 Å². The van der Waals surface area contributed by atoms with Crippen LogP contribution in [0.25, 0.3) is 0 Å². The molecule has 114 valence electrons. The second-order valence-electron chi connectivity index (χ2n) is 4.98. The van der Waals surface area contributed by atoms with Crippen LogP contribution in [-0.4, -0.2) is 44.1 Å². The van der Waals surface area contributed by atoms with Crippen molar-refractivity contribution in [2.45, 2.75) is 19.9 Å². The van der Waals surface area contributed by atoms with Gasteiger partial charge >= 0.3 is 0 Å². The van der Waals surface area contributed by atoms with Crippen molar-refractivity contribution in [1.29, 1.82) is 0 Å². The maximum absolute atomic E-state index is 12.2. The van der Waals surface area contributed by atoms with Crippen molar-refractivity contribution in [3.05, 3.63) is 34.9 Å². The summed E-state index contributed by atoms with van der Waals surface area (Å²) < 4.78 is 22.4. The van der Waals surface area contributed by atoms with Gasteiger partial charge < -0.3 is 10.4 Å². The fraction of sp³-hybridized carbons (Fsp3) is 0.400. The number of sulfone groups is 1. The van der Waals surface area contributed by atoms with Crippen LogP contribution in [0.15, 0.2) is 18.2 Å². The van der Waals surface area contributed by atoms with E-state index in [1.165, 1.54) is 0 Å². The quantitative estimate of drug-likeness (QED) is 0.794. The van der Waals surface area contributed by atoms with Crippen molar-refractivity contribution in [2.24, 2.45) is 0 Å². The molecule has 0 fully saturated rings. The standard InChI is InChI=1S/C15H19NO4S/c1-11-6-7-14(13(9-11)5-4-8-17)15(18)16-12(2)10-21(3,19)20/h6-7,9,12,17H,8,10H2,1-3H3,(H,16,18). The van der Waals surface area contributed by atoms with E-state index in [0.717, 1.165) is 11.8 Å². The SMILES string of the molecule is Cc1ccc(C(=O)NC(C)CS(C)(=O)=O)c(C#CCO)c1. The molecule has 5 nitrogen and oxygen atoms in total. The zero-order chi connectivity index (χ0) is 16.0. The van der Waals surface area contributed by atoms with Crippen LogP contribution in [0.5, 0.6) is 0 Å². The van der Waals surface area contributed by atoms with Gasteiger partial charge in [-0.25, -0.2) is 8.42 Å². The number of aliphatic hydroxyl groups is 1. The third-order valence-corrected chi connectivity index (χ3v) is 3.76. The predicted octanol–water partition coefficient (Wildman–Crippen LogP) is 0.502. The molecule has 1 aromatic rings. The highest BCUT2D eigenvalue weighted by Gasteiger charge is 2.16. The Balaban J connectivity index is 2.97. The molecule has 1 atom stereocenters. The van der Waals surface area contributed by atoms with Crippen molar-refractivity contribution in [3.8, 4) is 11.8 Å². The number of aliphatic hydroxyl groups excluding tert-OH is 1. The molecule has 1 amide bonds. The maximum atomic E-state index is 12.2. The van der Waals surface area contributed by atoms with Gasteiger partial charge in [-0.05, 0) is 31.5 Å². The molecule has 1 rings (SSSR count). The van der Waals surface area contributed by atoms with Gasteiger partial charge in [0.2, 0.25) is 0 Å². The van der Waals surface area contributed by atoms with Gasteiger partial charge in [0.15, 0.2) is 0 Å². The summed E-state index contributed by atoms with van der Waals surface area (Å²) in [5, 5.41) is 11.4. The van der Waals surface area contributed by atoms with Crippen molar-refractivity contribution < 1.29 is 18.3 Å². The van der Waals surface area contributed by atoms with Crippen molar-refractivity contribution >= 4 is 15.7 Å². The van der Waals surface area contributed by atoms with E-state index in [9.17, 15) is 13.2 Å². The molecule has 0 saturated heterocycles. The first-order chi connectivity index (χ1) is 9.73. The molecule has 0 spiro atoms. The van der Waals surface area contributed by atoms with E-state index in [2.05, 4.69) is 17.2 Å². The van der Waals surface area contributed by atoms with Crippen molar-refractivity contribution in [3.63, 3.8) is 0 Å². The maximum Gasteiger partial charge on any atom is 0.252 e. The summed E-state index contributed by atoms with van der Waals surface area (Å²) in [4.78, 5) is 12.2. The molecule has 0 radical (unpaired) electrons. The number of rotatable bonds is 4. The van der Waals surface area contributed by atoms with Gasteiger partial charge in [-0.3, -0.25) is 4.79 Å². The van der Waals surface area contributed by atoms with Crippen LogP contribution >= 0.6 is 0 Å². The number of nitrogens with one attached hydrogen (secondary N) is 1. The van der Waals surface area contributed by atoms with Crippen LogP contribution in [0, 0.1) is 18.8 Å². The van der Waals surface area contributed by atoms with Crippen LogP contribution in [0.1, 0.15) is 28.4 Å². The van der Waals surface area contributed by atoms with Gasteiger partial charge in [0.25, 0.3) is 5.91 Å². The van der Waals surface area contributed by atoms with E-state index in [-0.39, 0.29) is 18.3 Å². The van der Waals surface area contributed by atoms with E-state index < -0.39 is 15.9 Å². The van der Waals surface area contributed by atoms with Crippen molar-refractivity contribution in [2.75, 3.05) is 18.6 Å². The van der Waals surface area contributed by atoms with Crippen LogP contribution in [0.3, 0.4) is 0 Å². The van der Waals surface area contributed by atoms with Gasteiger partial charge in [0.1, 0.15) is 16.4 Å². The molecule has 2 N–H and O–H groups in total. The highest BCUT2D eigenvalue weighted by molar-refractivity contribution is 7.90. The molecular formula is C15H19NO4S. The summed E-state index contributed by atoms with van der Waals surface area (Å²) in [7, 11) is -3.16. The number of hydrogen-bond donors (Lipinski definition) is 2. The number of carbonyl (C=O) groups is 1. The number of carbonyl (C=O) groups excluding carboxylic acids is 1. The third-order valence-electron chi connectivity index (χ3n) is 2.65. The Morgan fingerprint density at radius 3 is 2.67 bits per heavy atom. The first-order valence-electron chi connectivity index (χ1n) is 6.42. The molecule has 1 unspecified atom stereocenters. The number of amides is 1. The molecule has 6 heteroatoms. The summed E-state index contributed by atoms with van der Waals surface area (Å²) in [6.07, 6.45) is 1.12. The van der Waals surface area contributed by atoms with Crippen LogP contribution < -0.4 is 5.32 Å². The zero-order valence-electron chi connectivity index (χ0n) is 12.3. The summed E-state index contributed by atoms with van der Waals surface area (Å²) in [6, 6.07) is 4.67. The van der Waals surface area contributed by atoms with Crippen LogP contribution in [-0.2, 0) is 9.84 Å². The molecule has 0 saturated carbocycles. The highest BCUT2D eigenvalue weighted by atomic mass is 32.2. The fourth-order valence-electron chi connectivity index (χ4n) is 1.89. The summed E-state index contributed by atoms with van der Waals surface area (Å²) in [5.74, 6) is 4.73. The number of aryl methyl sites for hydroxylation is 1. The second kappa shape index (κ2) is 7.25. The van der Waals surface area contributed by atoms with Gasteiger partial charge in [0.05, 0.1) is 11.3 Å². The van der Waals surface area contributed by atoms with Gasteiger partial charge in [-0.2, -0.15) is 0 Å². The Kier molecular flexibility index (Phi) is 5.94. The summed E-state index contributed by atoms with van der Waals surface area (Å²) in [5.41, 5.74) is 1.81. The Morgan fingerprint density at radius 2 is 2.10 bits per heavy atom. The molecule has 1 aromatic carbocycles. The lowest BCUT2D eigenvalue weighted by Gasteiger charge is -2.14. The Bertz CT molecular complexity index is 683. The number of benzene rings is 1. The minimum atomic E-state index is -3.16. The Morgan fingerprint density at radius 1 is 1.43 bits per heavy atom. The van der Waals surface area contributed by atoms with Crippen molar-refractivity contribution in [1.82, 2.24) is 5.32 Å². The first-order valence-corrected chi connectivity index (χ1v) is 8.48. The lowest BCUT2D eigenvalue weighted by atomic mass is 10.0. The minimum absolute atomic E-state index is 0.123. The molecular weight excluding hydrogens is 290 g/mol. The predicted molar refractivity (Wildman–Crippen MR) is 81.8 cm³/mol. The fourth-order valence-corrected chi connectivity index (χ4v) is 2.88. The number of hydrogen-bond acceptors (Lipinski definition) is 4. The molecule has 0 aromatic heterocycles. The minimum Gasteiger partial charge on any atom is -0.384 e. The molecule has 0 aliphatic carbocycles. The Labute approximate surface area is 125 Å². The van der Waals surface area contributed by atoms with E-state index in [1.807, 2.05) is 6.92 Å². The zero-order valence-corrected chi connectivity index (χ0v) is 13.1. The average molecular weight is 309 g/mol. The third kappa shape index (κ3) is 5.98. The molecule has 0 heterocycles. The highest BCUT2D eigenvalue weighted by Crippen LogP contribution is 2.11. The average Bonchev–Trinajstić information content (AvgIpc) is 2.33. The summed E-state index contributed by atoms with van der Waals surface area (Å²) >= 11 is 0. The molecule has 21 heavy (non-hydrogen) atoms. The van der Waals surface area contributed by atoms with Gasteiger partial charge in [-0.1, -0.05) is 17.9 Å². The van der Waals surface area contributed by atoms with Crippen LogP contribution in [0.2, 0.25) is 0 Å². The lowest BCUT2D eigenvalue weighted by Crippen LogP contribution is -2.37. The first kappa shape index (κ1) is 17.2. The largest absolute Gasteiger partial charge is 0.384 e. The monoisotopic (exact) mass is 309 g/mol. The molecule has 0 aliphatic heterocycles. The van der Waals surface area contributed by atoms with Gasteiger partial charge in [-0.15, -0.1) is 0 Å². The smallest absolute Gasteiger partial charge is 0.252 e. The second-order valence-corrected chi connectivity index (χ2v) is 7.16. The summed E-state index contributed by atoms with van der Waals surface area (Å²) in [6.45, 7) is 3.21. The molecule has 0 aliphatic rings. The lowest BCUT2D eigenvalue weighted by molar-refractivity contribution is 0.0943. The van der Waals surface area contributed by atoms with Crippen LogP contribution in [0.4, 0.5) is 0 Å².